The number of benzene rings is 2. The summed E-state index contributed by atoms with van der Waals surface area (Å²) in [6.07, 6.45) is 3.94. The van der Waals surface area contributed by atoms with Crippen molar-refractivity contribution in [2.24, 2.45) is 5.10 Å². The van der Waals surface area contributed by atoms with Crippen LogP contribution in [0, 0.1) is 0 Å². The van der Waals surface area contributed by atoms with E-state index in [0.29, 0.717) is 17.2 Å². The third-order valence-corrected chi connectivity index (χ3v) is 5.67. The van der Waals surface area contributed by atoms with Gasteiger partial charge < -0.3 is 18.9 Å². The molecule has 3 aromatic rings. The number of hydrogen-bond donors (Lipinski definition) is 0. The van der Waals surface area contributed by atoms with E-state index in [2.05, 4.69) is 11.1 Å². The summed E-state index contributed by atoms with van der Waals surface area (Å²) in [7, 11) is 4.80. The Hall–Kier alpha value is -3.74. The standard InChI is InChI=1S/C24H23N3O4/c1-28-21-11-16(12-22(29-2)23(21)30-3)24-27-19(17-8-4-5-9-20(17)31-24)13-18(26-27)15-7-6-10-25-14-15/h4-12,14,19,24H,13H2,1-3H3. The number of aromatic nitrogens is 1. The molecule has 158 valence electrons. The van der Waals surface area contributed by atoms with Gasteiger partial charge in [0, 0.05) is 35.5 Å². The molecule has 2 atom stereocenters. The van der Waals surface area contributed by atoms with Crippen LogP contribution in [0.15, 0.2) is 66.0 Å². The molecule has 2 aromatic carbocycles. The molecule has 1 aromatic heterocycles. The molecule has 0 bridgehead atoms. The summed E-state index contributed by atoms with van der Waals surface area (Å²) < 4.78 is 23.0. The van der Waals surface area contributed by atoms with Crippen LogP contribution in [0.2, 0.25) is 0 Å². The minimum Gasteiger partial charge on any atom is -0.493 e. The number of ether oxygens (including phenoxy) is 4. The lowest BCUT2D eigenvalue weighted by atomic mass is 9.96. The Morgan fingerprint density at radius 2 is 1.74 bits per heavy atom. The third-order valence-electron chi connectivity index (χ3n) is 5.67. The van der Waals surface area contributed by atoms with Crippen molar-refractivity contribution < 1.29 is 18.9 Å². The number of fused-ring (bicyclic) bond motifs is 3. The minimum absolute atomic E-state index is 0.0595. The SMILES string of the molecule is COc1cc(C2Oc3ccccc3C3CC(c4cccnc4)=NN32)cc(OC)c1OC. The smallest absolute Gasteiger partial charge is 0.214 e. The van der Waals surface area contributed by atoms with E-state index < -0.39 is 6.23 Å². The highest BCUT2D eigenvalue weighted by Gasteiger charge is 2.41. The van der Waals surface area contributed by atoms with Crippen LogP contribution < -0.4 is 18.9 Å². The summed E-state index contributed by atoms with van der Waals surface area (Å²) >= 11 is 0. The molecule has 0 radical (unpaired) electrons. The Morgan fingerprint density at radius 3 is 2.42 bits per heavy atom. The average molecular weight is 417 g/mol. The van der Waals surface area contributed by atoms with Crippen LogP contribution in [0.4, 0.5) is 0 Å². The number of pyridine rings is 1. The second-order valence-electron chi connectivity index (χ2n) is 7.36. The van der Waals surface area contributed by atoms with Crippen LogP contribution in [0.3, 0.4) is 0 Å². The molecule has 0 spiro atoms. The van der Waals surface area contributed by atoms with Crippen molar-refractivity contribution in [2.45, 2.75) is 18.7 Å². The molecular formula is C24H23N3O4. The summed E-state index contributed by atoms with van der Waals surface area (Å²) in [5.74, 6) is 2.55. The summed E-state index contributed by atoms with van der Waals surface area (Å²) in [6, 6.07) is 16.0. The highest BCUT2D eigenvalue weighted by atomic mass is 16.5. The fraction of sp³-hybridized carbons (Fsp3) is 0.250. The van der Waals surface area contributed by atoms with E-state index in [0.717, 1.165) is 34.6 Å². The molecule has 2 aliphatic rings. The number of hydrogen-bond acceptors (Lipinski definition) is 7. The van der Waals surface area contributed by atoms with Crippen molar-refractivity contribution in [1.82, 2.24) is 9.99 Å². The van der Waals surface area contributed by atoms with E-state index >= 15 is 0 Å². The van der Waals surface area contributed by atoms with Crippen LogP contribution in [0.1, 0.15) is 35.4 Å². The third kappa shape index (κ3) is 3.22. The zero-order valence-corrected chi connectivity index (χ0v) is 17.6. The first kappa shape index (κ1) is 19.2. The van der Waals surface area contributed by atoms with Crippen molar-refractivity contribution in [3.05, 3.63) is 77.6 Å². The van der Waals surface area contributed by atoms with Gasteiger partial charge in [-0.1, -0.05) is 24.3 Å². The first-order valence-electron chi connectivity index (χ1n) is 10.0. The number of rotatable bonds is 5. The van der Waals surface area contributed by atoms with E-state index in [1.807, 2.05) is 53.7 Å². The molecule has 31 heavy (non-hydrogen) atoms. The summed E-state index contributed by atoms with van der Waals surface area (Å²) in [6.45, 7) is 0. The second-order valence-corrected chi connectivity index (χ2v) is 7.36. The molecule has 2 unspecified atom stereocenters. The molecule has 0 saturated carbocycles. The monoisotopic (exact) mass is 417 g/mol. The maximum absolute atomic E-state index is 6.44. The maximum Gasteiger partial charge on any atom is 0.214 e. The Labute approximate surface area is 180 Å². The molecule has 0 fully saturated rings. The lowest BCUT2D eigenvalue weighted by Crippen LogP contribution is -2.33. The molecule has 3 heterocycles. The molecule has 0 aliphatic carbocycles. The highest BCUT2D eigenvalue weighted by Crippen LogP contribution is 2.49. The molecule has 2 aliphatic heterocycles. The largest absolute Gasteiger partial charge is 0.493 e. The lowest BCUT2D eigenvalue weighted by Gasteiger charge is -2.38. The Bertz CT molecular complexity index is 1110. The first-order chi connectivity index (χ1) is 15.2. The fourth-order valence-electron chi connectivity index (χ4n) is 4.21. The van der Waals surface area contributed by atoms with Crippen LogP contribution in [0.5, 0.6) is 23.0 Å². The van der Waals surface area contributed by atoms with Crippen LogP contribution in [-0.4, -0.2) is 37.0 Å². The summed E-state index contributed by atoms with van der Waals surface area (Å²) in [5, 5.41) is 6.98. The van der Waals surface area contributed by atoms with E-state index in [1.54, 1.807) is 27.5 Å². The molecule has 7 heteroatoms. The van der Waals surface area contributed by atoms with E-state index in [-0.39, 0.29) is 6.04 Å². The van der Waals surface area contributed by atoms with Gasteiger partial charge in [-0.05, 0) is 24.3 Å². The first-order valence-corrected chi connectivity index (χ1v) is 10.0. The Kier molecular flexibility index (Phi) is 4.86. The van der Waals surface area contributed by atoms with Gasteiger partial charge in [0.1, 0.15) is 5.75 Å². The molecular weight excluding hydrogens is 394 g/mol. The highest BCUT2D eigenvalue weighted by molar-refractivity contribution is 6.01. The van der Waals surface area contributed by atoms with Crippen molar-refractivity contribution in [3.8, 4) is 23.0 Å². The van der Waals surface area contributed by atoms with Gasteiger partial charge in [-0.3, -0.25) is 4.98 Å². The maximum atomic E-state index is 6.44. The van der Waals surface area contributed by atoms with Gasteiger partial charge in [0.15, 0.2) is 11.5 Å². The van der Waals surface area contributed by atoms with Gasteiger partial charge >= 0.3 is 0 Å². The van der Waals surface area contributed by atoms with Crippen LogP contribution in [0.25, 0.3) is 0 Å². The molecule has 0 saturated heterocycles. The number of methoxy groups -OCH3 is 3. The lowest BCUT2D eigenvalue weighted by molar-refractivity contribution is -0.0192. The van der Waals surface area contributed by atoms with Gasteiger partial charge in [0.25, 0.3) is 0 Å². The van der Waals surface area contributed by atoms with E-state index in [9.17, 15) is 0 Å². The molecule has 0 amide bonds. The van der Waals surface area contributed by atoms with Gasteiger partial charge in [-0.15, -0.1) is 0 Å². The summed E-state index contributed by atoms with van der Waals surface area (Å²) in [5.41, 5.74) is 3.98. The van der Waals surface area contributed by atoms with E-state index in [4.69, 9.17) is 24.0 Å². The predicted octanol–water partition coefficient (Wildman–Crippen LogP) is 4.35. The predicted molar refractivity (Wildman–Crippen MR) is 116 cm³/mol. The van der Waals surface area contributed by atoms with Gasteiger partial charge in [0.2, 0.25) is 12.0 Å². The summed E-state index contributed by atoms with van der Waals surface area (Å²) in [4.78, 5) is 4.26. The average Bonchev–Trinajstić information content (AvgIpc) is 3.29. The normalized spacial score (nSPS) is 19.1. The second kappa shape index (κ2) is 7.83. The number of nitrogens with zero attached hydrogens (tertiary/aromatic N) is 3. The quantitative estimate of drug-likeness (QED) is 0.615. The van der Waals surface area contributed by atoms with Gasteiger partial charge in [-0.25, -0.2) is 5.01 Å². The fourth-order valence-corrected chi connectivity index (χ4v) is 4.21. The van der Waals surface area contributed by atoms with Gasteiger partial charge in [-0.2, -0.15) is 5.10 Å². The number of hydrazone groups is 1. The zero-order chi connectivity index (χ0) is 21.4. The van der Waals surface area contributed by atoms with Crippen molar-refractivity contribution in [1.29, 1.82) is 0 Å². The van der Waals surface area contributed by atoms with Gasteiger partial charge in [0.05, 0.1) is 33.1 Å². The van der Waals surface area contributed by atoms with Crippen molar-refractivity contribution >= 4 is 5.71 Å². The molecule has 7 nitrogen and oxygen atoms in total. The van der Waals surface area contributed by atoms with Crippen molar-refractivity contribution in [2.75, 3.05) is 21.3 Å². The minimum atomic E-state index is -0.442. The Morgan fingerprint density at radius 1 is 0.968 bits per heavy atom. The van der Waals surface area contributed by atoms with Crippen molar-refractivity contribution in [3.63, 3.8) is 0 Å². The van der Waals surface area contributed by atoms with Crippen LogP contribution in [-0.2, 0) is 0 Å². The van der Waals surface area contributed by atoms with E-state index in [1.165, 1.54) is 0 Å². The topological polar surface area (TPSA) is 65.4 Å². The Balaban J connectivity index is 1.62. The number of para-hydroxylation sites is 1. The molecule has 5 rings (SSSR count). The van der Waals surface area contributed by atoms with Crippen LogP contribution >= 0.6 is 0 Å². The molecule has 0 N–H and O–H groups in total. The zero-order valence-electron chi connectivity index (χ0n) is 17.6.